The molecule has 1 saturated heterocycles. The highest BCUT2D eigenvalue weighted by atomic mass is 79.9. The fourth-order valence-corrected chi connectivity index (χ4v) is 4.77. The third-order valence-electron chi connectivity index (χ3n) is 4.17. The number of carbonyl (C=O) groups excluding carboxylic acids is 1. The summed E-state index contributed by atoms with van der Waals surface area (Å²) in [5.41, 5.74) is 0.467. The molecule has 1 aromatic carbocycles. The lowest BCUT2D eigenvalue weighted by molar-refractivity contribution is 0.184. The smallest absolute Gasteiger partial charge is 0.322 e. The van der Waals surface area contributed by atoms with Gasteiger partial charge in [-0.3, -0.25) is 0 Å². The maximum absolute atomic E-state index is 12.8. The largest absolute Gasteiger partial charge is 0.480 e. The number of anilines is 1. The highest BCUT2D eigenvalue weighted by Crippen LogP contribution is 2.23. The number of halogens is 1. The van der Waals surface area contributed by atoms with Gasteiger partial charge in [0, 0.05) is 36.8 Å². The Morgan fingerprint density at radius 3 is 2.59 bits per heavy atom. The molecule has 1 aliphatic heterocycles. The van der Waals surface area contributed by atoms with Crippen LogP contribution in [-0.4, -0.2) is 61.9 Å². The van der Waals surface area contributed by atoms with Crippen molar-refractivity contribution < 1.29 is 17.9 Å². The van der Waals surface area contributed by atoms with Crippen molar-refractivity contribution in [2.45, 2.75) is 4.90 Å². The fourth-order valence-electron chi connectivity index (χ4n) is 2.75. The van der Waals surface area contributed by atoms with E-state index in [1.54, 1.807) is 47.5 Å². The number of benzene rings is 1. The van der Waals surface area contributed by atoms with Gasteiger partial charge in [0.2, 0.25) is 15.9 Å². The molecule has 0 radical (unpaired) electrons. The van der Waals surface area contributed by atoms with Gasteiger partial charge in [-0.15, -0.1) is 0 Å². The SMILES string of the molecule is COc1ncccc1NC(=O)N1CCN(S(=O)(=O)c2cccc(Br)c2)CC1. The van der Waals surface area contributed by atoms with Gasteiger partial charge in [0.15, 0.2) is 0 Å². The molecule has 0 unspecified atom stereocenters. The van der Waals surface area contributed by atoms with E-state index in [1.165, 1.54) is 11.4 Å². The second kappa shape index (κ2) is 8.24. The van der Waals surface area contributed by atoms with E-state index < -0.39 is 10.0 Å². The monoisotopic (exact) mass is 454 g/mol. The van der Waals surface area contributed by atoms with Gasteiger partial charge >= 0.3 is 6.03 Å². The van der Waals surface area contributed by atoms with E-state index >= 15 is 0 Å². The molecule has 0 aliphatic carbocycles. The van der Waals surface area contributed by atoms with Crippen molar-refractivity contribution >= 4 is 37.7 Å². The second-order valence-corrected chi connectivity index (χ2v) is 8.69. The average Bonchev–Trinajstić information content (AvgIpc) is 2.68. The zero-order valence-electron chi connectivity index (χ0n) is 14.6. The minimum Gasteiger partial charge on any atom is -0.480 e. The molecular weight excluding hydrogens is 436 g/mol. The minimum atomic E-state index is -3.59. The quantitative estimate of drug-likeness (QED) is 0.765. The number of rotatable bonds is 4. The Morgan fingerprint density at radius 1 is 1.19 bits per heavy atom. The van der Waals surface area contributed by atoms with Crippen LogP contribution in [-0.2, 0) is 10.0 Å². The van der Waals surface area contributed by atoms with Crippen LogP contribution >= 0.6 is 15.9 Å². The van der Waals surface area contributed by atoms with Crippen LogP contribution < -0.4 is 10.1 Å². The van der Waals surface area contributed by atoms with E-state index in [1.807, 2.05) is 0 Å². The number of hydrogen-bond acceptors (Lipinski definition) is 5. The first-order valence-electron chi connectivity index (χ1n) is 8.22. The summed E-state index contributed by atoms with van der Waals surface area (Å²) in [4.78, 5) is 18.3. The number of sulfonamides is 1. The normalized spacial score (nSPS) is 15.4. The number of methoxy groups -OCH3 is 1. The molecule has 3 rings (SSSR count). The molecule has 27 heavy (non-hydrogen) atoms. The van der Waals surface area contributed by atoms with Gasteiger partial charge in [0.25, 0.3) is 0 Å². The molecule has 1 N–H and O–H groups in total. The topological polar surface area (TPSA) is 91.8 Å². The van der Waals surface area contributed by atoms with Crippen LogP contribution in [0.25, 0.3) is 0 Å². The van der Waals surface area contributed by atoms with Crippen molar-refractivity contribution in [3.8, 4) is 5.88 Å². The number of pyridine rings is 1. The van der Waals surface area contributed by atoms with Gasteiger partial charge in [-0.25, -0.2) is 18.2 Å². The Balaban J connectivity index is 1.64. The summed E-state index contributed by atoms with van der Waals surface area (Å²) in [5, 5.41) is 2.75. The number of carbonyl (C=O) groups is 1. The summed E-state index contributed by atoms with van der Waals surface area (Å²) in [6.07, 6.45) is 1.57. The molecule has 10 heteroatoms. The van der Waals surface area contributed by atoms with Crippen LogP contribution in [0.4, 0.5) is 10.5 Å². The maximum Gasteiger partial charge on any atom is 0.322 e. The lowest BCUT2D eigenvalue weighted by Gasteiger charge is -2.34. The standard InChI is InChI=1S/C17H19BrN4O4S/c1-26-16-15(6-3-7-19-16)20-17(23)21-8-10-22(11-9-21)27(24,25)14-5-2-4-13(18)12-14/h2-7,12H,8-11H2,1H3,(H,20,23). The Labute approximate surface area is 166 Å². The highest BCUT2D eigenvalue weighted by molar-refractivity contribution is 9.10. The van der Waals surface area contributed by atoms with Crippen molar-refractivity contribution in [2.24, 2.45) is 0 Å². The molecular formula is C17H19BrN4O4S. The zero-order chi connectivity index (χ0) is 19.4. The first-order valence-corrected chi connectivity index (χ1v) is 10.5. The first kappa shape index (κ1) is 19.6. The van der Waals surface area contributed by atoms with Gasteiger partial charge in [0.1, 0.15) is 5.69 Å². The summed E-state index contributed by atoms with van der Waals surface area (Å²) in [6, 6.07) is 9.66. The lowest BCUT2D eigenvalue weighted by Crippen LogP contribution is -2.51. The third kappa shape index (κ3) is 4.40. The van der Waals surface area contributed by atoms with Crippen molar-refractivity contribution in [3.05, 3.63) is 47.1 Å². The Hall–Kier alpha value is -2.17. The van der Waals surface area contributed by atoms with Gasteiger partial charge in [0.05, 0.1) is 12.0 Å². The summed E-state index contributed by atoms with van der Waals surface area (Å²) in [5.74, 6) is 0.321. The molecule has 0 spiro atoms. The number of piperazine rings is 1. The number of amides is 2. The summed E-state index contributed by atoms with van der Waals surface area (Å²) < 4.78 is 32.7. The highest BCUT2D eigenvalue weighted by Gasteiger charge is 2.30. The molecule has 144 valence electrons. The van der Waals surface area contributed by atoms with Crippen LogP contribution in [0.2, 0.25) is 0 Å². The van der Waals surface area contributed by atoms with Crippen LogP contribution in [0.1, 0.15) is 0 Å². The number of hydrogen-bond donors (Lipinski definition) is 1. The maximum atomic E-state index is 12.8. The molecule has 1 fully saturated rings. The van der Waals surface area contributed by atoms with Crippen molar-refractivity contribution in [3.63, 3.8) is 0 Å². The number of nitrogens with one attached hydrogen (secondary N) is 1. The molecule has 2 heterocycles. The molecule has 8 nitrogen and oxygen atoms in total. The summed E-state index contributed by atoms with van der Waals surface area (Å²) in [7, 11) is -2.11. The van der Waals surface area contributed by atoms with Crippen LogP contribution in [0.15, 0.2) is 52.0 Å². The first-order chi connectivity index (χ1) is 12.9. The number of nitrogens with zero attached hydrogens (tertiary/aromatic N) is 3. The molecule has 1 aliphatic rings. The van der Waals surface area contributed by atoms with E-state index in [4.69, 9.17) is 4.74 Å². The summed E-state index contributed by atoms with van der Waals surface area (Å²) >= 11 is 3.29. The van der Waals surface area contributed by atoms with Gasteiger partial charge < -0.3 is 15.0 Å². The Morgan fingerprint density at radius 2 is 1.93 bits per heavy atom. The van der Waals surface area contributed by atoms with Crippen molar-refractivity contribution in [1.29, 1.82) is 0 Å². The molecule has 0 saturated carbocycles. The van der Waals surface area contributed by atoms with Gasteiger partial charge in [-0.2, -0.15) is 4.31 Å². The molecule has 0 atom stereocenters. The zero-order valence-corrected chi connectivity index (χ0v) is 17.0. The fraction of sp³-hybridized carbons (Fsp3) is 0.294. The van der Waals surface area contributed by atoms with E-state index in [0.29, 0.717) is 29.1 Å². The summed E-state index contributed by atoms with van der Waals surface area (Å²) in [6.45, 7) is 1.04. The molecule has 0 bridgehead atoms. The van der Waals surface area contributed by atoms with Crippen molar-refractivity contribution in [2.75, 3.05) is 38.6 Å². The second-order valence-electron chi connectivity index (χ2n) is 5.84. The average molecular weight is 455 g/mol. The van der Waals surface area contributed by atoms with E-state index in [9.17, 15) is 13.2 Å². The van der Waals surface area contributed by atoms with Crippen LogP contribution in [0.5, 0.6) is 5.88 Å². The van der Waals surface area contributed by atoms with E-state index in [0.717, 1.165) is 0 Å². The predicted octanol–water partition coefficient (Wildman–Crippen LogP) is 2.39. The molecule has 1 aromatic heterocycles. The van der Waals surface area contributed by atoms with Crippen LogP contribution in [0.3, 0.4) is 0 Å². The Bertz CT molecular complexity index is 930. The minimum absolute atomic E-state index is 0.229. The van der Waals surface area contributed by atoms with Gasteiger partial charge in [-0.05, 0) is 30.3 Å². The molecule has 2 aromatic rings. The third-order valence-corrected chi connectivity index (χ3v) is 6.55. The number of aromatic nitrogens is 1. The van der Waals surface area contributed by atoms with Gasteiger partial charge in [-0.1, -0.05) is 22.0 Å². The van der Waals surface area contributed by atoms with E-state index in [2.05, 4.69) is 26.2 Å². The lowest BCUT2D eigenvalue weighted by atomic mass is 10.3. The van der Waals surface area contributed by atoms with Crippen LogP contribution in [0, 0.1) is 0 Å². The van der Waals surface area contributed by atoms with Crippen molar-refractivity contribution in [1.82, 2.24) is 14.2 Å². The number of ether oxygens (including phenoxy) is 1. The predicted molar refractivity (Wildman–Crippen MR) is 104 cm³/mol. The Kier molecular flexibility index (Phi) is 5.98. The number of urea groups is 1. The molecule has 2 amide bonds. The van der Waals surface area contributed by atoms with E-state index in [-0.39, 0.29) is 24.0 Å².